The first-order valence-electron chi connectivity index (χ1n) is 9.56. The fourth-order valence-corrected chi connectivity index (χ4v) is 3.38. The molecule has 0 saturated carbocycles. The van der Waals surface area contributed by atoms with Gasteiger partial charge in [0.25, 0.3) is 5.91 Å². The number of nitrogens with zero attached hydrogens (tertiary/aromatic N) is 1. The van der Waals surface area contributed by atoms with Crippen LogP contribution in [-0.2, 0) is 11.2 Å². The van der Waals surface area contributed by atoms with Crippen molar-refractivity contribution >= 4 is 51.0 Å². The van der Waals surface area contributed by atoms with Crippen LogP contribution in [0.3, 0.4) is 0 Å². The van der Waals surface area contributed by atoms with E-state index in [0.29, 0.717) is 16.5 Å². The van der Waals surface area contributed by atoms with E-state index in [-0.39, 0.29) is 12.5 Å². The molecule has 6 heteroatoms. The third-order valence-corrected chi connectivity index (χ3v) is 5.50. The first-order chi connectivity index (χ1) is 14.4. The molecular weight excluding hydrogens is 464 g/mol. The molecule has 0 aliphatic carbocycles. The summed E-state index contributed by atoms with van der Waals surface area (Å²) >= 11 is 9.58. The number of anilines is 1. The summed E-state index contributed by atoms with van der Waals surface area (Å²) < 4.78 is 6.38. The van der Waals surface area contributed by atoms with Crippen LogP contribution in [0.2, 0.25) is 5.02 Å². The van der Waals surface area contributed by atoms with Gasteiger partial charge in [0.15, 0.2) is 6.61 Å². The number of nitrogens with one attached hydrogen (secondary N) is 1. The molecule has 3 rings (SSSR count). The van der Waals surface area contributed by atoms with Gasteiger partial charge in [0.05, 0.1) is 10.2 Å². The van der Waals surface area contributed by atoms with Crippen molar-refractivity contribution in [2.45, 2.75) is 20.3 Å². The van der Waals surface area contributed by atoms with E-state index < -0.39 is 0 Å². The van der Waals surface area contributed by atoms with Crippen molar-refractivity contribution in [1.82, 2.24) is 0 Å². The van der Waals surface area contributed by atoms with Crippen LogP contribution in [0.5, 0.6) is 5.75 Å². The van der Waals surface area contributed by atoms with Crippen molar-refractivity contribution in [1.29, 1.82) is 0 Å². The highest BCUT2D eigenvalue weighted by atomic mass is 79.9. The summed E-state index contributed by atoms with van der Waals surface area (Å²) in [6.45, 7) is 3.92. The highest BCUT2D eigenvalue weighted by molar-refractivity contribution is 9.10. The lowest BCUT2D eigenvalue weighted by Gasteiger charge is -2.10. The predicted octanol–water partition coefficient (Wildman–Crippen LogP) is 6.74. The van der Waals surface area contributed by atoms with Gasteiger partial charge in [-0.15, -0.1) is 0 Å². The minimum Gasteiger partial charge on any atom is -0.483 e. The average molecular weight is 486 g/mol. The molecule has 0 bridgehead atoms. The summed E-state index contributed by atoms with van der Waals surface area (Å²) in [6.07, 6.45) is 2.80. The molecule has 3 aromatic rings. The second kappa shape index (κ2) is 10.4. The number of benzene rings is 3. The zero-order valence-corrected chi connectivity index (χ0v) is 19.1. The van der Waals surface area contributed by atoms with Gasteiger partial charge < -0.3 is 10.1 Å². The zero-order chi connectivity index (χ0) is 21.5. The van der Waals surface area contributed by atoms with Crippen LogP contribution in [-0.4, -0.2) is 18.7 Å². The van der Waals surface area contributed by atoms with E-state index >= 15 is 0 Å². The Balaban J connectivity index is 1.57. The van der Waals surface area contributed by atoms with Crippen molar-refractivity contribution in [2.75, 3.05) is 11.9 Å². The Bertz CT molecular complexity index is 1070. The van der Waals surface area contributed by atoms with Crippen LogP contribution >= 0.6 is 27.5 Å². The Morgan fingerprint density at radius 1 is 1.13 bits per heavy atom. The van der Waals surface area contributed by atoms with Gasteiger partial charge in [0, 0.05) is 16.9 Å². The van der Waals surface area contributed by atoms with E-state index in [1.165, 1.54) is 5.56 Å². The first-order valence-corrected chi connectivity index (χ1v) is 10.7. The Labute approximate surface area is 190 Å². The smallest absolute Gasteiger partial charge is 0.262 e. The number of carbonyl (C=O) groups is 1. The van der Waals surface area contributed by atoms with Crippen LogP contribution in [0.25, 0.3) is 0 Å². The lowest BCUT2D eigenvalue weighted by molar-refractivity contribution is -0.118. The summed E-state index contributed by atoms with van der Waals surface area (Å²) in [4.78, 5) is 16.6. The maximum atomic E-state index is 12.1. The van der Waals surface area contributed by atoms with E-state index in [2.05, 4.69) is 45.3 Å². The summed E-state index contributed by atoms with van der Waals surface area (Å²) in [6, 6.07) is 19.1. The summed E-state index contributed by atoms with van der Waals surface area (Å²) in [5.41, 5.74) is 4.70. The van der Waals surface area contributed by atoms with E-state index in [9.17, 15) is 4.79 Å². The van der Waals surface area contributed by atoms with Gasteiger partial charge in [-0.1, -0.05) is 36.7 Å². The first kappa shape index (κ1) is 22.1. The molecule has 154 valence electrons. The maximum Gasteiger partial charge on any atom is 0.262 e. The van der Waals surface area contributed by atoms with Crippen LogP contribution < -0.4 is 10.1 Å². The SMILES string of the molecule is CCc1ccc(N=Cc2ccc(OCC(=O)Nc3ccc(C)c(Cl)c3)c(Br)c2)cc1. The molecule has 1 N–H and O–H groups in total. The number of halogens is 2. The molecule has 1 amide bonds. The second-order valence-corrected chi connectivity index (χ2v) is 8.03. The topological polar surface area (TPSA) is 50.7 Å². The molecule has 0 aliphatic rings. The van der Waals surface area contributed by atoms with Gasteiger partial charge in [-0.05, 0) is 88.4 Å². The third-order valence-electron chi connectivity index (χ3n) is 4.48. The van der Waals surface area contributed by atoms with Crippen molar-refractivity contribution in [2.24, 2.45) is 4.99 Å². The molecule has 0 spiro atoms. The molecule has 0 radical (unpaired) electrons. The van der Waals surface area contributed by atoms with Gasteiger partial charge in [-0.2, -0.15) is 0 Å². The van der Waals surface area contributed by atoms with Gasteiger partial charge in [0.2, 0.25) is 0 Å². The number of aryl methyl sites for hydroxylation is 2. The Kier molecular flexibility index (Phi) is 7.66. The Morgan fingerprint density at radius 3 is 2.57 bits per heavy atom. The van der Waals surface area contributed by atoms with E-state index in [0.717, 1.165) is 27.7 Å². The van der Waals surface area contributed by atoms with Crippen LogP contribution in [0.1, 0.15) is 23.6 Å². The lowest BCUT2D eigenvalue weighted by Crippen LogP contribution is -2.20. The third kappa shape index (κ3) is 6.18. The Morgan fingerprint density at radius 2 is 1.90 bits per heavy atom. The van der Waals surface area contributed by atoms with E-state index in [4.69, 9.17) is 16.3 Å². The highest BCUT2D eigenvalue weighted by Gasteiger charge is 2.08. The molecule has 0 fully saturated rings. The molecular formula is C24H22BrClN2O2. The van der Waals surface area contributed by atoms with Gasteiger partial charge in [0.1, 0.15) is 5.75 Å². The van der Waals surface area contributed by atoms with Gasteiger partial charge in [-0.3, -0.25) is 9.79 Å². The largest absolute Gasteiger partial charge is 0.483 e. The maximum absolute atomic E-state index is 12.1. The molecule has 0 saturated heterocycles. The van der Waals surface area contributed by atoms with E-state index in [1.54, 1.807) is 18.3 Å². The molecule has 4 nitrogen and oxygen atoms in total. The minimum atomic E-state index is -0.261. The van der Waals surface area contributed by atoms with Crippen molar-refractivity contribution in [3.63, 3.8) is 0 Å². The highest BCUT2D eigenvalue weighted by Crippen LogP contribution is 2.26. The normalized spacial score (nSPS) is 10.9. The zero-order valence-electron chi connectivity index (χ0n) is 16.8. The van der Waals surface area contributed by atoms with Crippen LogP contribution in [0, 0.1) is 6.92 Å². The molecule has 0 unspecified atom stereocenters. The van der Waals surface area contributed by atoms with Crippen molar-refractivity contribution in [3.05, 3.63) is 86.8 Å². The Hall–Kier alpha value is -2.63. The average Bonchev–Trinajstić information content (AvgIpc) is 2.74. The number of ether oxygens (including phenoxy) is 1. The number of amides is 1. The number of carbonyl (C=O) groups excluding carboxylic acids is 1. The number of aliphatic imine (C=N–C) groups is 1. The molecule has 3 aromatic carbocycles. The molecule has 30 heavy (non-hydrogen) atoms. The molecule has 0 heterocycles. The molecule has 0 atom stereocenters. The monoisotopic (exact) mass is 484 g/mol. The minimum absolute atomic E-state index is 0.110. The van der Waals surface area contributed by atoms with Crippen molar-refractivity contribution in [3.8, 4) is 5.75 Å². The molecule has 0 aromatic heterocycles. The quantitative estimate of drug-likeness (QED) is 0.377. The fourth-order valence-electron chi connectivity index (χ4n) is 2.69. The second-order valence-electron chi connectivity index (χ2n) is 6.77. The molecule has 0 aliphatic heterocycles. The predicted molar refractivity (Wildman–Crippen MR) is 128 cm³/mol. The number of hydrogen-bond donors (Lipinski definition) is 1. The number of rotatable bonds is 7. The fraction of sp³-hybridized carbons (Fsp3) is 0.167. The standard InChI is InChI=1S/C24H22BrClN2O2/c1-3-17-5-9-19(10-6-17)27-14-18-7-11-23(21(25)12-18)30-15-24(29)28-20-8-4-16(2)22(26)13-20/h4-14H,3,15H2,1-2H3,(H,28,29). The number of hydrogen-bond acceptors (Lipinski definition) is 3. The summed E-state index contributed by atoms with van der Waals surface area (Å²) in [5, 5.41) is 3.38. The van der Waals surface area contributed by atoms with E-state index in [1.807, 2.05) is 43.3 Å². The van der Waals surface area contributed by atoms with Crippen LogP contribution in [0.4, 0.5) is 11.4 Å². The van der Waals surface area contributed by atoms with Crippen molar-refractivity contribution < 1.29 is 9.53 Å². The summed E-state index contributed by atoms with van der Waals surface area (Å²) in [7, 11) is 0. The van der Waals surface area contributed by atoms with Gasteiger partial charge in [-0.25, -0.2) is 0 Å². The summed E-state index contributed by atoms with van der Waals surface area (Å²) in [5.74, 6) is 0.319. The van der Waals surface area contributed by atoms with Gasteiger partial charge >= 0.3 is 0 Å². The van der Waals surface area contributed by atoms with Crippen LogP contribution in [0.15, 0.2) is 70.1 Å². The lowest BCUT2D eigenvalue weighted by atomic mass is 10.1.